The zero-order chi connectivity index (χ0) is 9.47. The van der Waals surface area contributed by atoms with Gasteiger partial charge < -0.3 is 5.11 Å². The fourth-order valence-corrected chi connectivity index (χ4v) is 2.40. The average Bonchev–Trinajstić information content (AvgIpc) is 2.58. The number of fused-ring (bicyclic) bond motifs is 2. The Labute approximate surface area is 80.2 Å². The minimum atomic E-state index is -0.647. The standard InChI is InChI=1S/C12H18O/c1-12(2,13)6-5-11-8-9-3-4-10(11)7-9/h3-6,9-11,13H,7-8H2,1-2H3/b6-5+/t9-,10+,11-/m1/s1. The maximum absolute atomic E-state index is 9.54. The predicted octanol–water partition coefficient (Wildman–Crippen LogP) is 2.53. The molecule has 13 heavy (non-hydrogen) atoms. The molecular formula is C12H18O. The first-order chi connectivity index (χ1) is 6.04. The molecule has 1 nitrogen and oxygen atoms in total. The van der Waals surface area contributed by atoms with E-state index < -0.39 is 5.60 Å². The van der Waals surface area contributed by atoms with Crippen LogP contribution in [-0.4, -0.2) is 10.7 Å². The second-order valence-electron chi connectivity index (χ2n) is 4.96. The lowest BCUT2D eigenvalue weighted by molar-refractivity contribution is 0.132. The lowest BCUT2D eigenvalue weighted by atomic mass is 9.92. The summed E-state index contributed by atoms with van der Waals surface area (Å²) in [4.78, 5) is 0. The first-order valence-electron chi connectivity index (χ1n) is 5.15. The van der Waals surface area contributed by atoms with Crippen molar-refractivity contribution in [2.24, 2.45) is 17.8 Å². The van der Waals surface area contributed by atoms with Crippen LogP contribution in [0, 0.1) is 17.8 Å². The minimum absolute atomic E-state index is 0.647. The Morgan fingerprint density at radius 1 is 1.31 bits per heavy atom. The van der Waals surface area contributed by atoms with E-state index in [1.54, 1.807) is 0 Å². The van der Waals surface area contributed by atoms with Gasteiger partial charge >= 0.3 is 0 Å². The molecule has 0 aromatic heterocycles. The fourth-order valence-electron chi connectivity index (χ4n) is 2.40. The quantitative estimate of drug-likeness (QED) is 0.644. The molecule has 0 aromatic carbocycles. The third-order valence-electron chi connectivity index (χ3n) is 3.08. The van der Waals surface area contributed by atoms with E-state index in [2.05, 4.69) is 18.2 Å². The maximum atomic E-state index is 9.54. The number of rotatable bonds is 2. The van der Waals surface area contributed by atoms with Gasteiger partial charge in [0.1, 0.15) is 0 Å². The van der Waals surface area contributed by atoms with Gasteiger partial charge in [-0.1, -0.05) is 24.3 Å². The van der Waals surface area contributed by atoms with Gasteiger partial charge in [0.2, 0.25) is 0 Å². The van der Waals surface area contributed by atoms with Gasteiger partial charge in [-0.25, -0.2) is 0 Å². The van der Waals surface area contributed by atoms with Crippen LogP contribution in [0.4, 0.5) is 0 Å². The van der Waals surface area contributed by atoms with Crippen LogP contribution in [0.3, 0.4) is 0 Å². The maximum Gasteiger partial charge on any atom is 0.0771 e. The molecule has 1 N–H and O–H groups in total. The Morgan fingerprint density at radius 2 is 2.08 bits per heavy atom. The van der Waals surface area contributed by atoms with Gasteiger partial charge in [-0.2, -0.15) is 0 Å². The summed E-state index contributed by atoms with van der Waals surface area (Å²) in [7, 11) is 0. The van der Waals surface area contributed by atoms with Gasteiger partial charge in [-0.05, 0) is 44.4 Å². The molecule has 3 atom stereocenters. The van der Waals surface area contributed by atoms with Crippen molar-refractivity contribution >= 4 is 0 Å². The molecule has 0 aliphatic heterocycles. The summed E-state index contributed by atoms with van der Waals surface area (Å²) in [6, 6.07) is 0. The van der Waals surface area contributed by atoms with Crippen molar-refractivity contribution in [2.75, 3.05) is 0 Å². The molecule has 1 saturated carbocycles. The zero-order valence-electron chi connectivity index (χ0n) is 8.40. The Morgan fingerprint density at radius 3 is 2.54 bits per heavy atom. The molecule has 0 radical (unpaired) electrons. The Balaban J connectivity index is 1.97. The molecule has 2 rings (SSSR count). The molecular weight excluding hydrogens is 160 g/mol. The molecule has 0 heterocycles. The molecule has 0 aromatic rings. The van der Waals surface area contributed by atoms with Crippen molar-refractivity contribution in [3.05, 3.63) is 24.3 Å². The minimum Gasteiger partial charge on any atom is -0.386 e. The molecule has 0 saturated heterocycles. The van der Waals surface area contributed by atoms with Gasteiger partial charge in [0, 0.05) is 0 Å². The molecule has 0 unspecified atom stereocenters. The summed E-state index contributed by atoms with van der Waals surface area (Å²) in [5.74, 6) is 2.26. The molecule has 2 aliphatic carbocycles. The van der Waals surface area contributed by atoms with E-state index in [9.17, 15) is 5.11 Å². The molecule has 72 valence electrons. The molecule has 2 bridgehead atoms. The molecule has 0 spiro atoms. The average molecular weight is 178 g/mol. The summed E-state index contributed by atoms with van der Waals surface area (Å²) in [6.07, 6.45) is 11.4. The van der Waals surface area contributed by atoms with Crippen molar-refractivity contribution < 1.29 is 5.11 Å². The highest BCUT2D eigenvalue weighted by Crippen LogP contribution is 2.44. The SMILES string of the molecule is CC(C)(O)/C=C/[C@@H]1C[C@@H]2C=C[C@H]1C2. The van der Waals surface area contributed by atoms with E-state index in [1.807, 2.05) is 19.9 Å². The highest BCUT2D eigenvalue weighted by atomic mass is 16.3. The van der Waals surface area contributed by atoms with Gasteiger partial charge in [0.05, 0.1) is 5.60 Å². The largest absolute Gasteiger partial charge is 0.386 e. The van der Waals surface area contributed by atoms with Crippen LogP contribution in [-0.2, 0) is 0 Å². The van der Waals surface area contributed by atoms with Crippen molar-refractivity contribution in [3.8, 4) is 0 Å². The normalized spacial score (nSPS) is 37.9. The van der Waals surface area contributed by atoms with Gasteiger partial charge in [-0.3, -0.25) is 0 Å². The van der Waals surface area contributed by atoms with Crippen LogP contribution in [0.1, 0.15) is 26.7 Å². The second-order valence-corrected chi connectivity index (χ2v) is 4.96. The summed E-state index contributed by atoms with van der Waals surface area (Å²) < 4.78 is 0. The van der Waals surface area contributed by atoms with Crippen LogP contribution in [0.5, 0.6) is 0 Å². The fraction of sp³-hybridized carbons (Fsp3) is 0.667. The van der Waals surface area contributed by atoms with E-state index in [4.69, 9.17) is 0 Å². The van der Waals surface area contributed by atoms with E-state index in [0.29, 0.717) is 5.92 Å². The lowest BCUT2D eigenvalue weighted by Crippen LogP contribution is -2.15. The summed E-state index contributed by atoms with van der Waals surface area (Å²) in [5, 5.41) is 9.54. The second kappa shape index (κ2) is 2.98. The molecule has 2 aliphatic rings. The van der Waals surface area contributed by atoms with Crippen LogP contribution in [0.15, 0.2) is 24.3 Å². The Bertz CT molecular complexity index is 244. The number of hydrogen-bond donors (Lipinski definition) is 1. The van der Waals surface area contributed by atoms with E-state index in [0.717, 1.165) is 11.8 Å². The summed E-state index contributed by atoms with van der Waals surface area (Å²) >= 11 is 0. The number of aliphatic hydroxyl groups is 1. The van der Waals surface area contributed by atoms with Gasteiger partial charge in [-0.15, -0.1) is 0 Å². The van der Waals surface area contributed by atoms with Crippen LogP contribution < -0.4 is 0 Å². The van der Waals surface area contributed by atoms with Crippen molar-refractivity contribution in [1.82, 2.24) is 0 Å². The summed E-state index contributed by atoms with van der Waals surface area (Å²) in [5.41, 5.74) is -0.647. The van der Waals surface area contributed by atoms with Gasteiger partial charge in [0.25, 0.3) is 0 Å². The Kier molecular flexibility index (Phi) is 2.07. The first kappa shape index (κ1) is 9.01. The van der Waals surface area contributed by atoms with Gasteiger partial charge in [0.15, 0.2) is 0 Å². The molecule has 1 heteroatoms. The van der Waals surface area contributed by atoms with Crippen molar-refractivity contribution in [1.29, 1.82) is 0 Å². The molecule has 0 amide bonds. The predicted molar refractivity (Wildman–Crippen MR) is 54.3 cm³/mol. The van der Waals surface area contributed by atoms with E-state index in [1.165, 1.54) is 12.8 Å². The van der Waals surface area contributed by atoms with E-state index >= 15 is 0 Å². The number of allylic oxidation sites excluding steroid dienone is 3. The summed E-state index contributed by atoms with van der Waals surface area (Å²) in [6.45, 7) is 3.65. The van der Waals surface area contributed by atoms with Crippen LogP contribution in [0.2, 0.25) is 0 Å². The zero-order valence-corrected chi connectivity index (χ0v) is 8.40. The highest BCUT2D eigenvalue weighted by Gasteiger charge is 2.33. The molecule has 1 fully saturated rings. The third kappa shape index (κ3) is 2.02. The number of hydrogen-bond acceptors (Lipinski definition) is 1. The highest BCUT2D eigenvalue weighted by molar-refractivity contribution is 5.15. The first-order valence-corrected chi connectivity index (χ1v) is 5.15. The monoisotopic (exact) mass is 178 g/mol. The lowest BCUT2D eigenvalue weighted by Gasteiger charge is -2.16. The topological polar surface area (TPSA) is 20.2 Å². The van der Waals surface area contributed by atoms with Crippen molar-refractivity contribution in [3.63, 3.8) is 0 Å². The Hall–Kier alpha value is -0.560. The third-order valence-corrected chi connectivity index (χ3v) is 3.08. The van der Waals surface area contributed by atoms with Crippen molar-refractivity contribution in [2.45, 2.75) is 32.3 Å². The smallest absolute Gasteiger partial charge is 0.0771 e. The van der Waals surface area contributed by atoms with Crippen LogP contribution in [0.25, 0.3) is 0 Å². The van der Waals surface area contributed by atoms with Crippen LogP contribution >= 0.6 is 0 Å². The van der Waals surface area contributed by atoms with E-state index in [-0.39, 0.29) is 0 Å².